The number of phenols is 1. The van der Waals surface area contributed by atoms with Crippen molar-refractivity contribution in [2.75, 3.05) is 19.6 Å². The molecule has 18 heavy (non-hydrogen) atoms. The minimum absolute atomic E-state index is 0.0959. The molecule has 0 unspecified atom stereocenters. The van der Waals surface area contributed by atoms with E-state index in [0.29, 0.717) is 5.75 Å². The molecule has 0 amide bonds. The lowest BCUT2D eigenvalue weighted by Gasteiger charge is -2.42. The zero-order valence-corrected chi connectivity index (χ0v) is 11.0. The van der Waals surface area contributed by atoms with Crippen LogP contribution in [-0.2, 0) is 6.42 Å². The van der Waals surface area contributed by atoms with Crippen molar-refractivity contribution in [3.05, 3.63) is 29.3 Å². The topological polar surface area (TPSA) is 49.5 Å². The minimum atomic E-state index is 0.0959. The molecule has 0 bridgehead atoms. The first-order valence-electron chi connectivity index (χ1n) is 6.94. The van der Waals surface area contributed by atoms with Crippen molar-refractivity contribution in [1.82, 2.24) is 4.90 Å². The van der Waals surface area contributed by atoms with E-state index in [0.717, 1.165) is 26.1 Å². The van der Waals surface area contributed by atoms with E-state index in [4.69, 9.17) is 5.73 Å². The smallest absolute Gasteiger partial charge is 0.115 e. The van der Waals surface area contributed by atoms with Crippen LogP contribution in [0.2, 0.25) is 0 Å². The van der Waals surface area contributed by atoms with E-state index in [1.54, 1.807) is 6.07 Å². The molecule has 1 spiro atoms. The third-order valence-corrected chi connectivity index (χ3v) is 4.97. The van der Waals surface area contributed by atoms with E-state index in [1.165, 1.54) is 24.0 Å². The third kappa shape index (κ3) is 1.73. The fourth-order valence-corrected chi connectivity index (χ4v) is 3.65. The predicted octanol–water partition coefficient (Wildman–Crippen LogP) is 2.05. The van der Waals surface area contributed by atoms with Gasteiger partial charge in [0, 0.05) is 6.04 Å². The Balaban J connectivity index is 1.86. The van der Waals surface area contributed by atoms with Gasteiger partial charge in [-0.25, -0.2) is 0 Å². The molecule has 3 rings (SSSR count). The highest BCUT2D eigenvalue weighted by molar-refractivity contribution is 5.42. The van der Waals surface area contributed by atoms with Crippen LogP contribution < -0.4 is 5.73 Å². The number of phenolic OH excluding ortho intramolecular Hbond substituents is 1. The van der Waals surface area contributed by atoms with Gasteiger partial charge >= 0.3 is 0 Å². The Hall–Kier alpha value is -1.06. The average molecular weight is 246 g/mol. The van der Waals surface area contributed by atoms with Crippen molar-refractivity contribution < 1.29 is 5.11 Å². The lowest BCUT2D eigenvalue weighted by atomic mass is 9.73. The second-order valence-electron chi connectivity index (χ2n) is 5.83. The van der Waals surface area contributed by atoms with E-state index in [9.17, 15) is 5.11 Å². The van der Waals surface area contributed by atoms with Crippen LogP contribution in [0.5, 0.6) is 5.75 Å². The Morgan fingerprint density at radius 2 is 2.11 bits per heavy atom. The van der Waals surface area contributed by atoms with Gasteiger partial charge in [0.05, 0.1) is 0 Å². The minimum Gasteiger partial charge on any atom is -0.508 e. The molecule has 0 aromatic heterocycles. The molecule has 1 heterocycles. The van der Waals surface area contributed by atoms with Gasteiger partial charge in [-0.3, -0.25) is 0 Å². The number of hydrogen-bond donors (Lipinski definition) is 2. The summed E-state index contributed by atoms with van der Waals surface area (Å²) in [6, 6.07) is 5.79. The van der Waals surface area contributed by atoms with Gasteiger partial charge in [-0.15, -0.1) is 0 Å². The van der Waals surface area contributed by atoms with Gasteiger partial charge in [-0.1, -0.05) is 13.0 Å². The molecule has 0 saturated carbocycles. The van der Waals surface area contributed by atoms with Crippen LogP contribution in [0.1, 0.15) is 36.9 Å². The van der Waals surface area contributed by atoms with Crippen molar-refractivity contribution in [2.24, 2.45) is 11.1 Å². The SMILES string of the molecule is CCN1CCC2(CC1)Cc1ccc(O)cc1[C@H]2N. The third-order valence-electron chi connectivity index (χ3n) is 4.97. The van der Waals surface area contributed by atoms with Crippen molar-refractivity contribution in [2.45, 2.75) is 32.2 Å². The molecular weight excluding hydrogens is 224 g/mol. The number of nitrogens with zero attached hydrogens (tertiary/aromatic N) is 1. The quantitative estimate of drug-likeness (QED) is 0.797. The number of piperidine rings is 1. The van der Waals surface area contributed by atoms with Gasteiger partial charge in [0.15, 0.2) is 0 Å². The summed E-state index contributed by atoms with van der Waals surface area (Å²) in [5, 5.41) is 9.62. The number of nitrogens with two attached hydrogens (primary N) is 1. The molecule has 0 radical (unpaired) electrons. The normalized spacial score (nSPS) is 26.4. The van der Waals surface area contributed by atoms with Gasteiger partial charge in [0.1, 0.15) is 5.75 Å². The van der Waals surface area contributed by atoms with E-state index in [2.05, 4.69) is 11.8 Å². The number of benzene rings is 1. The molecule has 3 heteroatoms. The van der Waals surface area contributed by atoms with Crippen LogP contribution in [0, 0.1) is 5.41 Å². The van der Waals surface area contributed by atoms with E-state index >= 15 is 0 Å². The zero-order chi connectivity index (χ0) is 12.8. The van der Waals surface area contributed by atoms with Gasteiger partial charge in [0.2, 0.25) is 0 Å². The summed E-state index contributed by atoms with van der Waals surface area (Å²) in [5.41, 5.74) is 9.22. The van der Waals surface area contributed by atoms with Crippen molar-refractivity contribution in [1.29, 1.82) is 0 Å². The first kappa shape index (κ1) is 12.0. The highest BCUT2D eigenvalue weighted by Gasteiger charge is 2.45. The van der Waals surface area contributed by atoms with E-state index in [-0.39, 0.29) is 11.5 Å². The molecule has 1 aliphatic heterocycles. The number of aromatic hydroxyl groups is 1. The zero-order valence-electron chi connectivity index (χ0n) is 11.0. The number of likely N-dealkylation sites (tertiary alicyclic amines) is 1. The Morgan fingerprint density at radius 1 is 1.39 bits per heavy atom. The second kappa shape index (κ2) is 4.25. The Bertz CT molecular complexity index is 450. The predicted molar refractivity (Wildman–Crippen MR) is 72.5 cm³/mol. The molecule has 2 aliphatic rings. The van der Waals surface area contributed by atoms with Crippen molar-refractivity contribution in [3.63, 3.8) is 0 Å². The molecule has 1 aromatic rings. The first-order chi connectivity index (χ1) is 8.64. The fourth-order valence-electron chi connectivity index (χ4n) is 3.65. The number of rotatable bonds is 1. The van der Waals surface area contributed by atoms with Crippen LogP contribution in [0.15, 0.2) is 18.2 Å². The number of hydrogen-bond acceptors (Lipinski definition) is 3. The average Bonchev–Trinajstić information content (AvgIpc) is 2.65. The van der Waals surface area contributed by atoms with E-state index in [1.807, 2.05) is 12.1 Å². The fraction of sp³-hybridized carbons (Fsp3) is 0.600. The highest BCUT2D eigenvalue weighted by Crippen LogP contribution is 2.51. The summed E-state index contributed by atoms with van der Waals surface area (Å²) in [6.07, 6.45) is 3.44. The van der Waals surface area contributed by atoms with Crippen LogP contribution >= 0.6 is 0 Å². The second-order valence-corrected chi connectivity index (χ2v) is 5.83. The number of fused-ring (bicyclic) bond motifs is 1. The van der Waals surface area contributed by atoms with E-state index < -0.39 is 0 Å². The lowest BCUT2D eigenvalue weighted by Crippen LogP contribution is -2.44. The van der Waals surface area contributed by atoms with Crippen molar-refractivity contribution >= 4 is 0 Å². The largest absolute Gasteiger partial charge is 0.508 e. The highest BCUT2D eigenvalue weighted by atomic mass is 16.3. The summed E-state index contributed by atoms with van der Waals surface area (Å²) in [7, 11) is 0. The monoisotopic (exact) mass is 246 g/mol. The Kier molecular flexibility index (Phi) is 2.83. The molecule has 1 atom stereocenters. The lowest BCUT2D eigenvalue weighted by molar-refractivity contribution is 0.0930. The molecule has 98 valence electrons. The van der Waals surface area contributed by atoms with Gasteiger partial charge in [-0.2, -0.15) is 0 Å². The van der Waals surface area contributed by atoms with Crippen molar-refractivity contribution in [3.8, 4) is 5.75 Å². The summed E-state index contributed by atoms with van der Waals surface area (Å²) >= 11 is 0. The maximum atomic E-state index is 9.62. The van der Waals surface area contributed by atoms with Crippen LogP contribution in [0.3, 0.4) is 0 Å². The molecular formula is C15H22N2O. The molecule has 1 saturated heterocycles. The van der Waals surface area contributed by atoms with Crippen LogP contribution in [0.4, 0.5) is 0 Å². The summed E-state index contributed by atoms with van der Waals surface area (Å²) in [4.78, 5) is 2.50. The molecule has 3 nitrogen and oxygen atoms in total. The Labute approximate surface area is 109 Å². The molecule has 3 N–H and O–H groups in total. The maximum absolute atomic E-state index is 9.62. The van der Waals surface area contributed by atoms with Crippen LogP contribution in [0.25, 0.3) is 0 Å². The summed E-state index contributed by atoms with van der Waals surface area (Å²) in [5.74, 6) is 0.340. The molecule has 1 aliphatic carbocycles. The van der Waals surface area contributed by atoms with Crippen LogP contribution in [-0.4, -0.2) is 29.6 Å². The van der Waals surface area contributed by atoms with Gasteiger partial charge in [0.25, 0.3) is 0 Å². The molecule has 1 aromatic carbocycles. The summed E-state index contributed by atoms with van der Waals surface area (Å²) < 4.78 is 0. The molecule has 1 fully saturated rings. The Morgan fingerprint density at radius 3 is 2.78 bits per heavy atom. The standard InChI is InChI=1S/C15H22N2O/c1-2-17-7-5-15(6-8-17)10-11-3-4-12(18)9-13(11)14(15)16/h3-4,9,14,18H,2,5-8,10,16H2,1H3/t14-/m1/s1. The van der Waals surface area contributed by atoms with Gasteiger partial charge < -0.3 is 15.7 Å². The summed E-state index contributed by atoms with van der Waals surface area (Å²) in [6.45, 7) is 5.67. The first-order valence-corrected chi connectivity index (χ1v) is 6.94. The maximum Gasteiger partial charge on any atom is 0.115 e. The van der Waals surface area contributed by atoms with Gasteiger partial charge in [-0.05, 0) is 67.6 Å².